The minimum atomic E-state index is -4.36. The van der Waals surface area contributed by atoms with Gasteiger partial charge < -0.3 is 9.64 Å². The molecule has 45 heavy (non-hydrogen) atoms. The molecule has 0 saturated carbocycles. The Hall–Kier alpha value is -3.77. The van der Waals surface area contributed by atoms with E-state index in [1.807, 2.05) is 6.07 Å². The lowest BCUT2D eigenvalue weighted by Gasteiger charge is -2.37. The number of alkyl halides is 3. The van der Waals surface area contributed by atoms with E-state index in [-0.39, 0.29) is 29.5 Å². The minimum Gasteiger partial charge on any atom is -0.441 e. The normalized spacial score (nSPS) is 19.2. The predicted octanol–water partition coefficient (Wildman–Crippen LogP) is 6.63. The molecule has 1 aromatic heterocycles. The van der Waals surface area contributed by atoms with Gasteiger partial charge in [-0.05, 0) is 66.9 Å². The van der Waals surface area contributed by atoms with Gasteiger partial charge in [0.15, 0.2) is 5.78 Å². The Kier molecular flexibility index (Phi) is 8.71. The van der Waals surface area contributed by atoms with E-state index in [9.17, 15) is 31.9 Å². The number of amides is 2. The van der Waals surface area contributed by atoms with Crippen molar-refractivity contribution >= 4 is 29.1 Å². The number of rotatable bonds is 7. The number of carbonyl (C=O) groups excluding carboxylic acids is 3. The van der Waals surface area contributed by atoms with Crippen molar-refractivity contribution < 1.29 is 36.7 Å². The molecule has 12 heteroatoms. The summed E-state index contributed by atoms with van der Waals surface area (Å²) in [5.74, 6) is -0.717. The van der Waals surface area contributed by atoms with E-state index in [4.69, 9.17) is 4.74 Å². The van der Waals surface area contributed by atoms with E-state index in [0.717, 1.165) is 22.6 Å². The Bertz CT molecular complexity index is 1540. The number of Topliss-reactive ketones (excluding diaryl/α,β-unsaturated/α-hetero) is 1. The summed E-state index contributed by atoms with van der Waals surface area (Å²) >= 11 is 1.35. The Morgan fingerprint density at radius 3 is 2.20 bits per heavy atom. The van der Waals surface area contributed by atoms with Gasteiger partial charge in [0.05, 0.1) is 23.5 Å². The summed E-state index contributed by atoms with van der Waals surface area (Å²) in [6.07, 6.45) is -2.40. The fraction of sp³-hybridized carbons (Fsp3) is 0.424. The minimum absolute atomic E-state index is 0.0272. The van der Waals surface area contributed by atoms with E-state index in [2.05, 4.69) is 4.90 Å². The number of nitrogens with zero attached hydrogens (tertiary/aromatic N) is 3. The summed E-state index contributed by atoms with van der Waals surface area (Å²) in [5, 5.41) is 0. The zero-order chi connectivity index (χ0) is 31.8. The van der Waals surface area contributed by atoms with Gasteiger partial charge >= 0.3 is 12.3 Å². The van der Waals surface area contributed by atoms with Crippen LogP contribution in [0.3, 0.4) is 0 Å². The molecule has 0 atom stereocenters. The van der Waals surface area contributed by atoms with Gasteiger partial charge in [-0.15, -0.1) is 11.3 Å². The molecule has 7 nitrogen and oxygen atoms in total. The van der Waals surface area contributed by atoms with Crippen LogP contribution < -0.4 is 0 Å². The van der Waals surface area contributed by atoms with E-state index in [1.165, 1.54) is 47.7 Å². The average molecular weight is 644 g/mol. The molecule has 4 heterocycles. The van der Waals surface area contributed by atoms with Crippen molar-refractivity contribution in [2.75, 3.05) is 32.7 Å². The van der Waals surface area contributed by atoms with Crippen molar-refractivity contribution in [2.24, 2.45) is 5.92 Å². The largest absolute Gasteiger partial charge is 0.441 e. The molecule has 3 fully saturated rings. The second-order valence-corrected chi connectivity index (χ2v) is 13.2. The van der Waals surface area contributed by atoms with Crippen LogP contribution in [0.4, 0.5) is 22.4 Å². The van der Waals surface area contributed by atoms with Gasteiger partial charge in [-0.3, -0.25) is 19.4 Å². The molecule has 6 rings (SSSR count). The van der Waals surface area contributed by atoms with Crippen LogP contribution in [-0.2, 0) is 24.0 Å². The summed E-state index contributed by atoms with van der Waals surface area (Å²) < 4.78 is 57.7. The number of benzene rings is 2. The zero-order valence-electron chi connectivity index (χ0n) is 24.5. The number of ether oxygens (including phenoxy) is 1. The molecule has 3 aromatic rings. The number of halogens is 4. The molecule has 2 aromatic carbocycles. The Labute approximate surface area is 262 Å². The highest BCUT2D eigenvalue weighted by atomic mass is 32.1. The topological polar surface area (TPSA) is 70.2 Å². The van der Waals surface area contributed by atoms with Crippen LogP contribution in [0.25, 0.3) is 0 Å². The van der Waals surface area contributed by atoms with Crippen molar-refractivity contribution in [3.8, 4) is 0 Å². The number of likely N-dealkylation sites (tertiary alicyclic amines) is 2. The molecular weight excluding hydrogens is 610 g/mol. The van der Waals surface area contributed by atoms with Crippen molar-refractivity contribution in [3.05, 3.63) is 92.9 Å². The Morgan fingerprint density at radius 2 is 1.56 bits per heavy atom. The van der Waals surface area contributed by atoms with Crippen molar-refractivity contribution in [3.63, 3.8) is 0 Å². The summed E-state index contributed by atoms with van der Waals surface area (Å²) in [6, 6.07) is 14.4. The second-order valence-electron chi connectivity index (χ2n) is 12.1. The highest BCUT2D eigenvalue weighted by Gasteiger charge is 2.47. The van der Waals surface area contributed by atoms with E-state index in [1.54, 1.807) is 15.9 Å². The van der Waals surface area contributed by atoms with Gasteiger partial charge in [-0.25, -0.2) is 9.18 Å². The first-order valence-electron chi connectivity index (χ1n) is 15.0. The highest BCUT2D eigenvalue weighted by Crippen LogP contribution is 2.36. The van der Waals surface area contributed by atoms with Crippen LogP contribution in [0.2, 0.25) is 0 Å². The average Bonchev–Trinajstić information content (AvgIpc) is 3.62. The van der Waals surface area contributed by atoms with E-state index < -0.39 is 17.3 Å². The molecule has 3 aliphatic rings. The molecule has 0 radical (unpaired) electrons. The lowest BCUT2D eigenvalue weighted by Crippen LogP contribution is -2.46. The number of hydrogen-bond acceptors (Lipinski definition) is 6. The third-order valence-corrected chi connectivity index (χ3v) is 10.1. The van der Waals surface area contributed by atoms with Crippen LogP contribution >= 0.6 is 11.3 Å². The molecule has 1 spiro atoms. The number of hydrogen-bond donors (Lipinski definition) is 0. The summed E-state index contributed by atoms with van der Waals surface area (Å²) in [5.41, 5.74) is 0.0190. The Balaban J connectivity index is 0.975. The lowest BCUT2D eigenvalue weighted by atomic mass is 9.89. The highest BCUT2D eigenvalue weighted by molar-refractivity contribution is 7.14. The standard InChI is InChI=1S/C33H33F4N3O4S/c34-26-7-3-23(4-8-26)29(41)24-11-15-39(16-12-24)30(42)28-10-9-27(45-28)20-40-21-32(44-31(40)43)13-17-38(18-14-32)19-22-1-5-25(6-2-22)33(35,36)37/h1-10,24H,11-21H2. The molecule has 0 N–H and O–H groups in total. The third kappa shape index (κ3) is 7.06. The lowest BCUT2D eigenvalue weighted by molar-refractivity contribution is -0.137. The van der Waals surface area contributed by atoms with Crippen LogP contribution in [0.1, 0.15) is 61.7 Å². The first-order valence-corrected chi connectivity index (χ1v) is 15.8. The maximum Gasteiger partial charge on any atom is 0.416 e. The third-order valence-electron chi connectivity index (χ3n) is 9.00. The Morgan fingerprint density at radius 1 is 0.889 bits per heavy atom. The number of thiophene rings is 1. The molecule has 0 bridgehead atoms. The molecule has 3 saturated heterocycles. The van der Waals surface area contributed by atoms with Crippen LogP contribution in [0.15, 0.2) is 60.7 Å². The molecule has 2 amide bonds. The van der Waals surface area contributed by atoms with Gasteiger partial charge in [-0.2, -0.15) is 13.2 Å². The number of ketones is 1. The zero-order valence-corrected chi connectivity index (χ0v) is 25.3. The first kappa shape index (κ1) is 31.2. The van der Waals surface area contributed by atoms with Crippen LogP contribution in [0, 0.1) is 11.7 Å². The van der Waals surface area contributed by atoms with Crippen LogP contribution in [-0.4, -0.2) is 70.8 Å². The van der Waals surface area contributed by atoms with Gasteiger partial charge in [0.1, 0.15) is 11.4 Å². The van der Waals surface area contributed by atoms with Gasteiger partial charge in [0.25, 0.3) is 5.91 Å². The first-order chi connectivity index (χ1) is 21.5. The molecular formula is C33H33F4N3O4S. The quantitative estimate of drug-likeness (QED) is 0.214. The van der Waals surface area contributed by atoms with Gasteiger partial charge in [-0.1, -0.05) is 12.1 Å². The van der Waals surface area contributed by atoms with Crippen molar-refractivity contribution in [1.82, 2.24) is 14.7 Å². The summed E-state index contributed by atoms with van der Waals surface area (Å²) in [7, 11) is 0. The second kappa shape index (κ2) is 12.6. The van der Waals surface area contributed by atoms with E-state index >= 15 is 0 Å². The van der Waals surface area contributed by atoms with Gasteiger partial charge in [0, 0.05) is 61.9 Å². The van der Waals surface area contributed by atoms with Crippen LogP contribution in [0.5, 0.6) is 0 Å². The molecule has 0 aliphatic carbocycles. The monoisotopic (exact) mass is 643 g/mol. The SMILES string of the molecule is O=C(c1ccc(F)cc1)C1CCN(C(=O)c2ccc(CN3CC4(CCN(Cc5ccc(C(F)(F)F)cc5)CC4)OC3=O)s2)CC1. The molecule has 3 aliphatic heterocycles. The smallest absolute Gasteiger partial charge is 0.416 e. The number of carbonyl (C=O) groups is 3. The maximum atomic E-state index is 13.2. The molecule has 238 valence electrons. The molecule has 0 unspecified atom stereocenters. The maximum absolute atomic E-state index is 13.2. The summed E-state index contributed by atoms with van der Waals surface area (Å²) in [6.45, 7) is 3.54. The fourth-order valence-corrected chi connectivity index (χ4v) is 7.36. The van der Waals surface area contributed by atoms with Crippen molar-refractivity contribution in [2.45, 2.75) is 50.6 Å². The predicted molar refractivity (Wildman–Crippen MR) is 159 cm³/mol. The van der Waals surface area contributed by atoms with Crippen molar-refractivity contribution in [1.29, 1.82) is 0 Å². The van der Waals surface area contributed by atoms with Gasteiger partial charge in [0.2, 0.25) is 0 Å². The van der Waals surface area contributed by atoms with E-state index in [0.29, 0.717) is 81.9 Å². The number of piperidine rings is 2. The summed E-state index contributed by atoms with van der Waals surface area (Å²) in [4.78, 5) is 45.8. The fourth-order valence-electron chi connectivity index (χ4n) is 6.37.